The maximum atomic E-state index is 14.8. The third kappa shape index (κ3) is 5.46. The van der Waals surface area contributed by atoms with Gasteiger partial charge in [0.2, 0.25) is 0 Å². The SMILES string of the molecule is CC[C@H](N)C(CC(C)C)Nc1nc(Nc2ccc3ncccc3c2)c(C(N)=O)cc1F. The Bertz CT molecular complexity index is 1070. The van der Waals surface area contributed by atoms with Crippen molar-refractivity contribution in [1.29, 1.82) is 0 Å². The number of rotatable bonds is 9. The number of carbonyl (C=O) groups is 1. The van der Waals surface area contributed by atoms with E-state index in [1.54, 1.807) is 6.20 Å². The minimum atomic E-state index is -0.771. The maximum absolute atomic E-state index is 14.8. The van der Waals surface area contributed by atoms with Crippen molar-refractivity contribution in [3.63, 3.8) is 0 Å². The van der Waals surface area contributed by atoms with Crippen LogP contribution in [0.4, 0.5) is 21.7 Å². The van der Waals surface area contributed by atoms with E-state index in [1.165, 1.54) is 0 Å². The first-order valence-electron chi connectivity index (χ1n) is 10.4. The molecule has 2 heterocycles. The van der Waals surface area contributed by atoms with Crippen LogP contribution in [0.5, 0.6) is 0 Å². The summed E-state index contributed by atoms with van der Waals surface area (Å²) in [7, 11) is 0. The highest BCUT2D eigenvalue weighted by atomic mass is 19.1. The second-order valence-corrected chi connectivity index (χ2v) is 8.07. The van der Waals surface area contributed by atoms with Gasteiger partial charge in [-0.3, -0.25) is 9.78 Å². The first kappa shape index (κ1) is 22.4. The number of hydrogen-bond acceptors (Lipinski definition) is 6. The molecule has 1 aromatic carbocycles. The monoisotopic (exact) mass is 424 g/mol. The van der Waals surface area contributed by atoms with E-state index in [1.807, 2.05) is 37.3 Å². The Kier molecular flexibility index (Phi) is 7.02. The number of amides is 1. The lowest BCUT2D eigenvalue weighted by atomic mass is 9.96. The number of primary amides is 1. The predicted octanol–water partition coefficient (Wildman–Crippen LogP) is 4.18. The second-order valence-electron chi connectivity index (χ2n) is 8.07. The van der Waals surface area contributed by atoms with Gasteiger partial charge in [-0.15, -0.1) is 0 Å². The molecule has 0 bridgehead atoms. The summed E-state index contributed by atoms with van der Waals surface area (Å²) in [6, 6.07) is 10.1. The number of halogens is 1. The summed E-state index contributed by atoms with van der Waals surface area (Å²) in [4.78, 5) is 20.6. The molecule has 2 atom stereocenters. The van der Waals surface area contributed by atoms with Gasteiger partial charge in [0.15, 0.2) is 11.6 Å². The molecule has 1 unspecified atom stereocenters. The lowest BCUT2D eigenvalue weighted by Crippen LogP contribution is -2.41. The summed E-state index contributed by atoms with van der Waals surface area (Å²) in [6.45, 7) is 6.15. The molecule has 0 aliphatic carbocycles. The molecule has 8 heteroatoms. The lowest BCUT2D eigenvalue weighted by molar-refractivity contribution is 0.100. The first-order valence-corrected chi connectivity index (χ1v) is 10.4. The van der Waals surface area contributed by atoms with Crippen molar-refractivity contribution < 1.29 is 9.18 Å². The van der Waals surface area contributed by atoms with Gasteiger partial charge in [-0.25, -0.2) is 9.37 Å². The number of anilines is 3. The zero-order chi connectivity index (χ0) is 22.5. The minimum Gasteiger partial charge on any atom is -0.365 e. The topological polar surface area (TPSA) is 119 Å². The van der Waals surface area contributed by atoms with E-state index in [9.17, 15) is 9.18 Å². The molecule has 0 radical (unpaired) electrons. The molecule has 6 N–H and O–H groups in total. The smallest absolute Gasteiger partial charge is 0.252 e. The number of nitrogens with two attached hydrogens (primary N) is 2. The van der Waals surface area contributed by atoms with Crippen LogP contribution in [0.1, 0.15) is 44.0 Å². The van der Waals surface area contributed by atoms with Crippen molar-refractivity contribution in [3.05, 3.63) is 54.0 Å². The van der Waals surface area contributed by atoms with Crippen LogP contribution in [0.25, 0.3) is 10.9 Å². The third-order valence-corrected chi connectivity index (χ3v) is 5.14. The lowest BCUT2D eigenvalue weighted by Gasteiger charge is -2.27. The molecule has 7 nitrogen and oxygen atoms in total. The Labute approximate surface area is 181 Å². The number of carbonyl (C=O) groups excluding carboxylic acids is 1. The van der Waals surface area contributed by atoms with Gasteiger partial charge in [-0.2, -0.15) is 0 Å². The number of benzene rings is 1. The molecule has 164 valence electrons. The van der Waals surface area contributed by atoms with E-state index >= 15 is 0 Å². The van der Waals surface area contributed by atoms with Gasteiger partial charge in [0.1, 0.15) is 5.82 Å². The fourth-order valence-corrected chi connectivity index (χ4v) is 3.47. The summed E-state index contributed by atoms with van der Waals surface area (Å²) in [5, 5.41) is 7.15. The van der Waals surface area contributed by atoms with Crippen molar-refractivity contribution in [2.24, 2.45) is 17.4 Å². The Morgan fingerprint density at radius 3 is 2.65 bits per heavy atom. The molecular formula is C23H29FN6O. The van der Waals surface area contributed by atoms with Crippen LogP contribution in [0.2, 0.25) is 0 Å². The molecule has 1 amide bonds. The van der Waals surface area contributed by atoms with E-state index in [4.69, 9.17) is 11.5 Å². The number of nitrogens with one attached hydrogen (secondary N) is 2. The first-order chi connectivity index (χ1) is 14.8. The summed E-state index contributed by atoms with van der Waals surface area (Å²) in [5.74, 6) is -0.851. The van der Waals surface area contributed by atoms with Crippen molar-refractivity contribution in [3.8, 4) is 0 Å². The van der Waals surface area contributed by atoms with Crippen LogP contribution >= 0.6 is 0 Å². The highest BCUT2D eigenvalue weighted by Crippen LogP contribution is 2.27. The van der Waals surface area contributed by atoms with Crippen LogP contribution in [0.3, 0.4) is 0 Å². The van der Waals surface area contributed by atoms with Crippen molar-refractivity contribution in [2.45, 2.75) is 45.7 Å². The summed E-state index contributed by atoms with van der Waals surface area (Å²) in [6.07, 6.45) is 3.21. The van der Waals surface area contributed by atoms with Crippen LogP contribution in [-0.4, -0.2) is 28.0 Å². The Morgan fingerprint density at radius 1 is 1.19 bits per heavy atom. The minimum absolute atomic E-state index is 0.0319. The maximum Gasteiger partial charge on any atom is 0.252 e. The molecule has 3 aromatic rings. The van der Waals surface area contributed by atoms with Crippen LogP contribution in [0, 0.1) is 11.7 Å². The highest BCUT2D eigenvalue weighted by molar-refractivity contribution is 5.99. The molecular weight excluding hydrogens is 395 g/mol. The fourth-order valence-electron chi connectivity index (χ4n) is 3.47. The standard InChI is InChI=1S/C23H29FN6O/c1-4-18(25)20(10-13(2)3)29-23-17(24)12-16(21(26)31)22(30-23)28-15-7-8-19-14(11-15)6-5-9-27-19/h5-9,11-13,18,20H,4,10,25H2,1-3H3,(H2,26,31)(H2,28,29,30)/t18-,20?/m0/s1. The number of aromatic nitrogens is 2. The summed E-state index contributed by atoms with van der Waals surface area (Å²) in [5.41, 5.74) is 13.2. The van der Waals surface area contributed by atoms with Gasteiger partial charge < -0.3 is 22.1 Å². The Morgan fingerprint density at radius 2 is 1.97 bits per heavy atom. The van der Waals surface area contributed by atoms with Crippen LogP contribution in [0.15, 0.2) is 42.6 Å². The van der Waals surface area contributed by atoms with E-state index in [-0.39, 0.29) is 29.3 Å². The molecule has 0 aliphatic rings. The van der Waals surface area contributed by atoms with E-state index in [2.05, 4.69) is 34.4 Å². The van der Waals surface area contributed by atoms with Crippen LogP contribution in [-0.2, 0) is 0 Å². The molecule has 3 rings (SSSR count). The zero-order valence-corrected chi connectivity index (χ0v) is 18.0. The van der Waals surface area contributed by atoms with Crippen molar-refractivity contribution in [1.82, 2.24) is 9.97 Å². The zero-order valence-electron chi connectivity index (χ0n) is 18.0. The molecule has 31 heavy (non-hydrogen) atoms. The molecule has 0 aliphatic heterocycles. The quantitative estimate of drug-likeness (QED) is 0.409. The van der Waals surface area contributed by atoms with Gasteiger partial charge in [0.25, 0.3) is 5.91 Å². The number of fused-ring (bicyclic) bond motifs is 1. The molecule has 0 saturated heterocycles. The third-order valence-electron chi connectivity index (χ3n) is 5.14. The molecule has 2 aromatic heterocycles. The van der Waals surface area contributed by atoms with E-state index in [0.717, 1.165) is 29.8 Å². The van der Waals surface area contributed by atoms with Gasteiger partial charge in [0, 0.05) is 29.4 Å². The van der Waals surface area contributed by atoms with Gasteiger partial charge in [-0.1, -0.05) is 26.8 Å². The Hall–Kier alpha value is -3.26. The van der Waals surface area contributed by atoms with Gasteiger partial charge in [-0.05, 0) is 49.1 Å². The van der Waals surface area contributed by atoms with Crippen molar-refractivity contribution in [2.75, 3.05) is 10.6 Å². The molecule has 0 spiro atoms. The summed E-state index contributed by atoms with van der Waals surface area (Å²) >= 11 is 0. The number of pyridine rings is 2. The van der Waals surface area contributed by atoms with E-state index in [0.29, 0.717) is 11.6 Å². The molecule has 0 saturated carbocycles. The summed E-state index contributed by atoms with van der Waals surface area (Å²) < 4.78 is 14.8. The normalized spacial score (nSPS) is 13.2. The fraction of sp³-hybridized carbons (Fsp3) is 0.348. The largest absolute Gasteiger partial charge is 0.365 e. The van der Waals surface area contributed by atoms with Gasteiger partial charge in [0.05, 0.1) is 11.1 Å². The average molecular weight is 425 g/mol. The predicted molar refractivity (Wildman–Crippen MR) is 123 cm³/mol. The van der Waals surface area contributed by atoms with Crippen LogP contribution < -0.4 is 22.1 Å². The second kappa shape index (κ2) is 9.70. The molecule has 0 fully saturated rings. The van der Waals surface area contributed by atoms with Crippen molar-refractivity contribution >= 4 is 34.1 Å². The average Bonchev–Trinajstić information content (AvgIpc) is 2.74. The number of hydrogen-bond donors (Lipinski definition) is 4. The number of nitrogens with zero attached hydrogens (tertiary/aromatic N) is 2. The highest BCUT2D eigenvalue weighted by Gasteiger charge is 2.22. The van der Waals surface area contributed by atoms with E-state index < -0.39 is 11.7 Å². The Balaban J connectivity index is 1.97. The van der Waals surface area contributed by atoms with Gasteiger partial charge >= 0.3 is 0 Å².